The van der Waals surface area contributed by atoms with Crippen molar-refractivity contribution in [1.29, 1.82) is 0 Å². The van der Waals surface area contributed by atoms with Crippen molar-refractivity contribution in [3.63, 3.8) is 0 Å². The molecule has 1 aromatic heterocycles. The molecule has 0 fully saturated rings. The molecule has 1 aromatic carbocycles. The number of benzene rings is 1. The number of halogens is 3. The van der Waals surface area contributed by atoms with Crippen LogP contribution >= 0.6 is 11.3 Å². The summed E-state index contributed by atoms with van der Waals surface area (Å²) in [7, 11) is -4.17. The van der Waals surface area contributed by atoms with Gasteiger partial charge < -0.3 is 5.11 Å². The van der Waals surface area contributed by atoms with Gasteiger partial charge in [0, 0.05) is 12.1 Å². The van der Waals surface area contributed by atoms with E-state index < -0.39 is 33.2 Å². The highest BCUT2D eigenvalue weighted by atomic mass is 32.2. The average Bonchev–Trinajstić information content (AvgIpc) is 2.84. The van der Waals surface area contributed by atoms with Crippen LogP contribution < -0.4 is 4.72 Å². The van der Waals surface area contributed by atoms with Crippen LogP contribution in [0.15, 0.2) is 27.8 Å². The van der Waals surface area contributed by atoms with E-state index >= 15 is 0 Å². The summed E-state index contributed by atoms with van der Waals surface area (Å²) in [6, 6.07) is 2.03. The van der Waals surface area contributed by atoms with Gasteiger partial charge in [-0.3, -0.25) is 4.72 Å². The fraction of sp³-hybridized carbons (Fsp3) is 0.0909. The molecule has 0 radical (unpaired) electrons. The Labute approximate surface area is 116 Å². The SMILES string of the molecule is O=S(=O)(Nc1cc(F)cc(F)c1F)c1cc(CO)cs1. The van der Waals surface area contributed by atoms with Crippen molar-refractivity contribution < 1.29 is 26.7 Å². The Kier molecular flexibility index (Phi) is 4.02. The number of nitrogens with one attached hydrogen (secondary N) is 1. The Morgan fingerprint density at radius 1 is 1.20 bits per heavy atom. The zero-order valence-electron chi connectivity index (χ0n) is 9.73. The van der Waals surface area contributed by atoms with Gasteiger partial charge in [-0.2, -0.15) is 0 Å². The lowest BCUT2D eigenvalue weighted by Crippen LogP contribution is -2.13. The van der Waals surface area contributed by atoms with Gasteiger partial charge in [0.15, 0.2) is 11.6 Å². The van der Waals surface area contributed by atoms with E-state index in [9.17, 15) is 21.6 Å². The van der Waals surface area contributed by atoms with Gasteiger partial charge in [0.05, 0.1) is 12.3 Å². The van der Waals surface area contributed by atoms with Crippen LogP contribution in [0, 0.1) is 17.5 Å². The maximum atomic E-state index is 13.4. The van der Waals surface area contributed by atoms with Gasteiger partial charge in [-0.25, -0.2) is 21.6 Å². The van der Waals surface area contributed by atoms with E-state index in [1.54, 1.807) is 4.72 Å². The molecule has 0 atom stereocenters. The minimum absolute atomic E-state index is 0.203. The summed E-state index contributed by atoms with van der Waals surface area (Å²) in [5, 5.41) is 10.3. The molecule has 0 spiro atoms. The molecule has 0 aliphatic carbocycles. The van der Waals surface area contributed by atoms with Gasteiger partial charge in [0.2, 0.25) is 0 Å². The van der Waals surface area contributed by atoms with Crippen molar-refractivity contribution in [3.05, 3.63) is 46.6 Å². The zero-order valence-corrected chi connectivity index (χ0v) is 11.4. The van der Waals surface area contributed by atoms with Gasteiger partial charge >= 0.3 is 0 Å². The zero-order chi connectivity index (χ0) is 14.9. The quantitative estimate of drug-likeness (QED) is 0.850. The standard InChI is InChI=1S/C11H8F3NO3S2/c12-7-2-8(13)11(14)9(3-7)15-20(17,18)10-1-6(4-16)5-19-10/h1-3,5,15-16H,4H2. The molecule has 0 aliphatic rings. The molecule has 1 heterocycles. The van der Waals surface area contributed by atoms with Crippen LogP contribution in [0.2, 0.25) is 0 Å². The molecule has 0 saturated heterocycles. The second-order valence-corrected chi connectivity index (χ2v) is 6.61. The van der Waals surface area contributed by atoms with Crippen molar-refractivity contribution in [2.45, 2.75) is 10.8 Å². The van der Waals surface area contributed by atoms with E-state index in [-0.39, 0.29) is 10.8 Å². The van der Waals surface area contributed by atoms with E-state index in [2.05, 4.69) is 0 Å². The third kappa shape index (κ3) is 2.94. The van der Waals surface area contributed by atoms with Gasteiger partial charge in [-0.05, 0) is 17.0 Å². The lowest BCUT2D eigenvalue weighted by Gasteiger charge is -2.08. The Morgan fingerprint density at radius 2 is 1.90 bits per heavy atom. The van der Waals surface area contributed by atoms with Crippen molar-refractivity contribution in [1.82, 2.24) is 0 Å². The lowest BCUT2D eigenvalue weighted by atomic mass is 10.3. The predicted molar refractivity (Wildman–Crippen MR) is 67.4 cm³/mol. The van der Waals surface area contributed by atoms with Crippen LogP contribution in [-0.4, -0.2) is 13.5 Å². The molecular formula is C11H8F3NO3S2. The molecule has 9 heteroatoms. The largest absolute Gasteiger partial charge is 0.392 e. The minimum atomic E-state index is -4.17. The molecule has 2 rings (SSSR count). The second-order valence-electron chi connectivity index (χ2n) is 3.79. The number of hydrogen-bond acceptors (Lipinski definition) is 4. The fourth-order valence-electron chi connectivity index (χ4n) is 1.40. The summed E-state index contributed by atoms with van der Waals surface area (Å²) in [4.78, 5) is 0. The molecule has 108 valence electrons. The Morgan fingerprint density at radius 3 is 2.50 bits per heavy atom. The first-order valence-electron chi connectivity index (χ1n) is 5.19. The van der Waals surface area contributed by atoms with E-state index in [1.165, 1.54) is 11.4 Å². The van der Waals surface area contributed by atoms with Crippen molar-refractivity contribution in [3.8, 4) is 0 Å². The maximum absolute atomic E-state index is 13.4. The summed E-state index contributed by atoms with van der Waals surface area (Å²) in [5.74, 6) is -4.09. The van der Waals surface area contributed by atoms with Crippen LogP contribution in [0.4, 0.5) is 18.9 Å². The summed E-state index contributed by atoms with van der Waals surface area (Å²) in [6.45, 7) is -0.352. The number of anilines is 1. The second kappa shape index (κ2) is 5.43. The summed E-state index contributed by atoms with van der Waals surface area (Å²) in [5.41, 5.74) is -0.456. The summed E-state index contributed by atoms with van der Waals surface area (Å²) >= 11 is 0.794. The van der Waals surface area contributed by atoms with Gasteiger partial charge in [-0.1, -0.05) is 0 Å². The first-order valence-corrected chi connectivity index (χ1v) is 7.55. The van der Waals surface area contributed by atoms with Crippen LogP contribution in [0.1, 0.15) is 5.56 Å². The summed E-state index contributed by atoms with van der Waals surface area (Å²) in [6.07, 6.45) is 0. The number of sulfonamides is 1. The fourth-order valence-corrected chi connectivity index (χ4v) is 3.65. The monoisotopic (exact) mass is 323 g/mol. The number of aliphatic hydroxyl groups excluding tert-OH is 1. The van der Waals surface area contributed by atoms with Crippen LogP contribution in [0.5, 0.6) is 0 Å². The maximum Gasteiger partial charge on any atom is 0.271 e. The molecule has 0 saturated carbocycles. The highest BCUT2D eigenvalue weighted by Crippen LogP contribution is 2.26. The summed E-state index contributed by atoms with van der Waals surface area (Å²) < 4.78 is 64.8. The first kappa shape index (κ1) is 14.8. The highest BCUT2D eigenvalue weighted by molar-refractivity contribution is 7.94. The number of thiophene rings is 1. The number of aliphatic hydroxyl groups is 1. The Hall–Kier alpha value is -1.58. The third-order valence-electron chi connectivity index (χ3n) is 2.31. The van der Waals surface area contributed by atoms with Crippen molar-refractivity contribution in [2.24, 2.45) is 0 Å². The van der Waals surface area contributed by atoms with E-state index in [4.69, 9.17) is 5.11 Å². The van der Waals surface area contributed by atoms with Crippen LogP contribution in [-0.2, 0) is 16.6 Å². The van der Waals surface area contributed by atoms with E-state index in [0.717, 1.165) is 11.3 Å². The predicted octanol–water partition coefficient (Wildman–Crippen LogP) is 2.46. The smallest absolute Gasteiger partial charge is 0.271 e. The number of hydrogen-bond donors (Lipinski definition) is 2. The first-order chi connectivity index (χ1) is 9.33. The van der Waals surface area contributed by atoms with Crippen LogP contribution in [0.3, 0.4) is 0 Å². The Balaban J connectivity index is 2.38. The average molecular weight is 323 g/mol. The Bertz CT molecular complexity index is 743. The molecule has 0 aliphatic heterocycles. The van der Waals surface area contributed by atoms with Crippen molar-refractivity contribution in [2.75, 3.05) is 4.72 Å². The van der Waals surface area contributed by atoms with Gasteiger partial charge in [-0.15, -0.1) is 11.3 Å². The topological polar surface area (TPSA) is 66.4 Å². The van der Waals surface area contributed by atoms with E-state index in [0.29, 0.717) is 17.7 Å². The van der Waals surface area contributed by atoms with Crippen LogP contribution in [0.25, 0.3) is 0 Å². The molecule has 2 N–H and O–H groups in total. The van der Waals surface area contributed by atoms with Crippen molar-refractivity contribution >= 4 is 27.0 Å². The third-order valence-corrected chi connectivity index (χ3v) is 5.17. The normalized spacial score (nSPS) is 11.6. The van der Waals surface area contributed by atoms with E-state index in [1.807, 2.05) is 0 Å². The molecule has 0 unspecified atom stereocenters. The molecule has 2 aromatic rings. The van der Waals surface area contributed by atoms with Gasteiger partial charge in [0.25, 0.3) is 10.0 Å². The lowest BCUT2D eigenvalue weighted by molar-refractivity contribution is 0.282. The minimum Gasteiger partial charge on any atom is -0.392 e. The molecule has 4 nitrogen and oxygen atoms in total. The number of rotatable bonds is 4. The molecular weight excluding hydrogens is 315 g/mol. The van der Waals surface area contributed by atoms with Gasteiger partial charge in [0.1, 0.15) is 10.0 Å². The molecule has 0 amide bonds. The molecule has 20 heavy (non-hydrogen) atoms. The highest BCUT2D eigenvalue weighted by Gasteiger charge is 2.20. The molecule has 0 bridgehead atoms.